The van der Waals surface area contributed by atoms with E-state index in [1.54, 1.807) is 18.2 Å². The molecule has 3 aromatic rings. The molecule has 1 aromatic heterocycles. The highest BCUT2D eigenvalue weighted by molar-refractivity contribution is 7.99. The van der Waals surface area contributed by atoms with Gasteiger partial charge >= 0.3 is 0 Å². The molecule has 6 heteroatoms. The second kappa shape index (κ2) is 7.53. The predicted molar refractivity (Wildman–Crippen MR) is 92.9 cm³/mol. The van der Waals surface area contributed by atoms with Gasteiger partial charge in [-0.2, -0.15) is 0 Å². The van der Waals surface area contributed by atoms with E-state index in [1.165, 1.54) is 17.3 Å². The van der Waals surface area contributed by atoms with Gasteiger partial charge in [0.05, 0.1) is 5.75 Å². The Labute approximate surface area is 143 Å². The first-order chi connectivity index (χ1) is 11.2. The number of carbonyl (C=O) groups is 1. The van der Waals surface area contributed by atoms with Crippen LogP contribution in [-0.2, 0) is 11.2 Å². The summed E-state index contributed by atoms with van der Waals surface area (Å²) in [6, 6.07) is 15.3. The van der Waals surface area contributed by atoms with Crippen molar-refractivity contribution in [3.05, 3.63) is 59.1 Å². The van der Waals surface area contributed by atoms with Gasteiger partial charge < -0.3 is 9.73 Å². The normalized spacial score (nSPS) is 10.8. The number of fused-ring (bicyclic) bond motifs is 1. The molecule has 23 heavy (non-hydrogen) atoms. The van der Waals surface area contributed by atoms with Gasteiger partial charge in [-0.1, -0.05) is 53.7 Å². The molecule has 0 aliphatic rings. The average Bonchev–Trinajstić information content (AvgIpc) is 2.96. The molecule has 1 heterocycles. The van der Waals surface area contributed by atoms with Gasteiger partial charge in [0.1, 0.15) is 5.52 Å². The van der Waals surface area contributed by atoms with Gasteiger partial charge in [0.25, 0.3) is 5.22 Å². The molecule has 0 fully saturated rings. The Hall–Kier alpha value is -1.98. The van der Waals surface area contributed by atoms with Crippen molar-refractivity contribution < 1.29 is 9.21 Å². The van der Waals surface area contributed by atoms with E-state index in [-0.39, 0.29) is 11.7 Å². The lowest BCUT2D eigenvalue weighted by molar-refractivity contribution is -0.118. The van der Waals surface area contributed by atoms with Crippen molar-refractivity contribution >= 4 is 40.4 Å². The minimum atomic E-state index is -0.0359. The number of amides is 1. The molecule has 0 aliphatic carbocycles. The maximum absolute atomic E-state index is 11.9. The number of aromatic nitrogens is 1. The summed E-state index contributed by atoms with van der Waals surface area (Å²) in [6.45, 7) is 0.618. The van der Waals surface area contributed by atoms with Crippen molar-refractivity contribution in [1.29, 1.82) is 0 Å². The molecule has 1 N–H and O–H groups in total. The second-order valence-corrected chi connectivity index (χ2v) is 6.33. The van der Waals surface area contributed by atoms with E-state index in [9.17, 15) is 4.79 Å². The maximum atomic E-state index is 11.9. The molecule has 0 atom stereocenters. The molecule has 0 saturated carbocycles. The number of hydrogen-bond donors (Lipinski definition) is 1. The van der Waals surface area contributed by atoms with Crippen LogP contribution < -0.4 is 5.32 Å². The van der Waals surface area contributed by atoms with Gasteiger partial charge in [0, 0.05) is 17.6 Å². The van der Waals surface area contributed by atoms with Crippen LogP contribution >= 0.6 is 23.4 Å². The number of rotatable bonds is 6. The first-order valence-corrected chi connectivity index (χ1v) is 8.56. The number of carbonyl (C=O) groups excluding carboxylic acids is 1. The van der Waals surface area contributed by atoms with Gasteiger partial charge in [0.15, 0.2) is 5.58 Å². The molecule has 0 saturated heterocycles. The summed E-state index contributed by atoms with van der Waals surface area (Å²) >= 11 is 7.18. The molecular formula is C17H15ClN2O2S. The fourth-order valence-electron chi connectivity index (χ4n) is 2.11. The van der Waals surface area contributed by atoms with E-state index in [1.807, 2.05) is 30.3 Å². The Bertz CT molecular complexity index is 805. The molecule has 0 spiro atoms. The fourth-order valence-corrected chi connectivity index (χ4v) is 2.94. The highest BCUT2D eigenvalue weighted by Crippen LogP contribution is 2.25. The zero-order chi connectivity index (χ0) is 16.1. The Balaban J connectivity index is 1.46. The fraction of sp³-hybridized carbons (Fsp3) is 0.176. The topological polar surface area (TPSA) is 55.1 Å². The zero-order valence-corrected chi connectivity index (χ0v) is 13.9. The number of nitrogens with one attached hydrogen (secondary N) is 1. The van der Waals surface area contributed by atoms with Gasteiger partial charge in [-0.3, -0.25) is 4.79 Å². The molecule has 1 amide bonds. The number of nitrogens with zero attached hydrogens (tertiary/aromatic N) is 1. The number of hydrogen-bond acceptors (Lipinski definition) is 4. The van der Waals surface area contributed by atoms with Crippen molar-refractivity contribution in [3.8, 4) is 0 Å². The van der Waals surface area contributed by atoms with E-state index >= 15 is 0 Å². The Morgan fingerprint density at radius 2 is 2.04 bits per heavy atom. The lowest BCUT2D eigenvalue weighted by Crippen LogP contribution is -2.27. The van der Waals surface area contributed by atoms with Crippen LogP contribution in [0.4, 0.5) is 0 Å². The SMILES string of the molecule is O=C(CSc1nc2ccc(Cl)cc2o1)NCCc1ccccc1. The third-order valence-electron chi connectivity index (χ3n) is 3.24. The van der Waals surface area contributed by atoms with Crippen LogP contribution in [0.1, 0.15) is 5.56 Å². The van der Waals surface area contributed by atoms with E-state index in [0.29, 0.717) is 22.4 Å². The van der Waals surface area contributed by atoms with Crippen molar-refractivity contribution in [1.82, 2.24) is 10.3 Å². The van der Waals surface area contributed by atoms with Crippen LogP contribution in [0.15, 0.2) is 58.2 Å². The lowest BCUT2D eigenvalue weighted by atomic mass is 10.1. The lowest BCUT2D eigenvalue weighted by Gasteiger charge is -2.04. The Morgan fingerprint density at radius 1 is 1.22 bits per heavy atom. The van der Waals surface area contributed by atoms with E-state index in [0.717, 1.165) is 11.9 Å². The minimum absolute atomic E-state index is 0.0359. The van der Waals surface area contributed by atoms with Crippen LogP contribution in [0.3, 0.4) is 0 Å². The quantitative estimate of drug-likeness (QED) is 0.687. The summed E-state index contributed by atoms with van der Waals surface area (Å²) in [4.78, 5) is 16.2. The summed E-state index contributed by atoms with van der Waals surface area (Å²) in [7, 11) is 0. The largest absolute Gasteiger partial charge is 0.431 e. The second-order valence-electron chi connectivity index (χ2n) is 4.97. The third-order valence-corrected chi connectivity index (χ3v) is 4.30. The van der Waals surface area contributed by atoms with Gasteiger partial charge in [-0.25, -0.2) is 4.98 Å². The average molecular weight is 347 g/mol. The first kappa shape index (κ1) is 15.9. The molecule has 2 aromatic carbocycles. The summed E-state index contributed by atoms with van der Waals surface area (Å²) in [6.07, 6.45) is 0.818. The van der Waals surface area contributed by atoms with Crippen molar-refractivity contribution in [2.24, 2.45) is 0 Å². The Kier molecular flexibility index (Phi) is 5.20. The monoisotopic (exact) mass is 346 g/mol. The number of halogens is 1. The molecule has 0 unspecified atom stereocenters. The Morgan fingerprint density at radius 3 is 2.87 bits per heavy atom. The highest BCUT2D eigenvalue weighted by atomic mass is 35.5. The maximum Gasteiger partial charge on any atom is 0.257 e. The standard InChI is InChI=1S/C17H15ClN2O2S/c18-13-6-7-14-15(10-13)22-17(20-14)23-11-16(21)19-9-8-12-4-2-1-3-5-12/h1-7,10H,8-9,11H2,(H,19,21). The van der Waals surface area contributed by atoms with E-state index in [2.05, 4.69) is 10.3 Å². The summed E-state index contributed by atoms with van der Waals surface area (Å²) in [5.74, 6) is 0.237. The summed E-state index contributed by atoms with van der Waals surface area (Å²) in [5.41, 5.74) is 2.57. The van der Waals surface area contributed by atoms with Crippen LogP contribution in [-0.4, -0.2) is 23.2 Å². The molecule has 4 nitrogen and oxygen atoms in total. The number of benzene rings is 2. The van der Waals surface area contributed by atoms with Crippen molar-refractivity contribution in [2.45, 2.75) is 11.6 Å². The predicted octanol–water partition coefficient (Wildman–Crippen LogP) is 3.93. The van der Waals surface area contributed by atoms with Crippen LogP contribution in [0.2, 0.25) is 5.02 Å². The third kappa shape index (κ3) is 4.50. The summed E-state index contributed by atoms with van der Waals surface area (Å²) in [5, 5.41) is 3.97. The minimum Gasteiger partial charge on any atom is -0.431 e. The summed E-state index contributed by atoms with van der Waals surface area (Å²) < 4.78 is 5.56. The van der Waals surface area contributed by atoms with E-state index < -0.39 is 0 Å². The number of oxazole rings is 1. The highest BCUT2D eigenvalue weighted by Gasteiger charge is 2.09. The van der Waals surface area contributed by atoms with Crippen molar-refractivity contribution in [3.63, 3.8) is 0 Å². The van der Waals surface area contributed by atoms with Gasteiger partial charge in [0.2, 0.25) is 5.91 Å². The molecule has 0 radical (unpaired) electrons. The first-order valence-electron chi connectivity index (χ1n) is 7.20. The number of thioether (sulfide) groups is 1. The molecule has 0 bridgehead atoms. The van der Waals surface area contributed by atoms with E-state index in [4.69, 9.17) is 16.0 Å². The molecule has 0 aliphatic heterocycles. The van der Waals surface area contributed by atoms with Crippen LogP contribution in [0.5, 0.6) is 0 Å². The van der Waals surface area contributed by atoms with Crippen LogP contribution in [0.25, 0.3) is 11.1 Å². The zero-order valence-electron chi connectivity index (χ0n) is 12.3. The smallest absolute Gasteiger partial charge is 0.257 e. The molecule has 3 rings (SSSR count). The molecular weight excluding hydrogens is 332 g/mol. The van der Waals surface area contributed by atoms with Gasteiger partial charge in [-0.15, -0.1) is 0 Å². The van der Waals surface area contributed by atoms with Crippen molar-refractivity contribution in [2.75, 3.05) is 12.3 Å². The van der Waals surface area contributed by atoms with Crippen LogP contribution in [0, 0.1) is 0 Å². The van der Waals surface area contributed by atoms with Gasteiger partial charge in [-0.05, 0) is 24.1 Å². The molecule has 118 valence electrons.